The van der Waals surface area contributed by atoms with Crippen molar-refractivity contribution in [2.24, 2.45) is 0 Å². The molecule has 21 heavy (non-hydrogen) atoms. The largest absolute Gasteiger partial charge is 0.301 e. The van der Waals surface area contributed by atoms with Gasteiger partial charge in [0.1, 0.15) is 8.72 Å². The molecule has 2 rings (SSSR count). The number of hydrogen-bond acceptors (Lipinski definition) is 6. The Morgan fingerprint density at radius 1 is 1.10 bits per heavy atom. The first-order valence-corrected chi connectivity index (χ1v) is 9.46. The quantitative estimate of drug-likeness (QED) is 0.298. The van der Waals surface area contributed by atoms with Crippen molar-refractivity contribution in [3.63, 3.8) is 0 Å². The lowest BCUT2D eigenvalue weighted by atomic mass is 10.7. The average Bonchev–Trinajstić information content (AvgIpc) is 2.43. The lowest BCUT2D eigenvalue weighted by Crippen LogP contribution is -2.12. The smallest absolute Gasteiger partial charge is 0.266 e. The standard InChI is InChI=1S/C5H4ClIN2OS.C5H5ClN2OS/c1-11-5-8-3(6)2(7)4(10)9-5;1-10-5-7-3(6)2-4(9)8-5/h1H3,(H,8,9,10);2H,1H3,(H,7,8,9). The molecule has 0 fully saturated rings. The maximum atomic E-state index is 11.0. The van der Waals surface area contributed by atoms with E-state index in [4.69, 9.17) is 23.2 Å². The molecule has 0 amide bonds. The molecule has 0 radical (unpaired) electrons. The van der Waals surface area contributed by atoms with E-state index in [1.165, 1.54) is 29.6 Å². The molecule has 0 saturated heterocycles. The Morgan fingerprint density at radius 3 is 2.14 bits per heavy atom. The molecule has 0 spiro atoms. The van der Waals surface area contributed by atoms with Crippen LogP contribution in [-0.4, -0.2) is 32.4 Å². The molecule has 11 heteroatoms. The van der Waals surface area contributed by atoms with E-state index in [-0.39, 0.29) is 21.4 Å². The number of thioether (sulfide) groups is 2. The number of nitrogens with one attached hydrogen (secondary N) is 2. The van der Waals surface area contributed by atoms with E-state index in [2.05, 4.69) is 19.9 Å². The third kappa shape index (κ3) is 6.19. The monoisotopic (exact) mass is 478 g/mol. The summed E-state index contributed by atoms with van der Waals surface area (Å²) in [4.78, 5) is 34.5. The molecule has 0 aliphatic carbocycles. The van der Waals surface area contributed by atoms with Crippen molar-refractivity contribution in [2.45, 2.75) is 10.3 Å². The zero-order valence-electron chi connectivity index (χ0n) is 10.7. The minimum atomic E-state index is -0.218. The van der Waals surface area contributed by atoms with Gasteiger partial charge in [-0.2, -0.15) is 0 Å². The molecule has 0 unspecified atom stereocenters. The van der Waals surface area contributed by atoms with E-state index in [1.54, 1.807) is 0 Å². The zero-order valence-corrected chi connectivity index (χ0v) is 16.0. The maximum absolute atomic E-state index is 11.0. The summed E-state index contributed by atoms with van der Waals surface area (Å²) in [5, 5.41) is 1.57. The first-order valence-electron chi connectivity index (χ1n) is 5.17. The molecule has 2 heterocycles. The number of hydrogen-bond donors (Lipinski definition) is 2. The summed E-state index contributed by atoms with van der Waals surface area (Å²) in [6.45, 7) is 0. The third-order valence-electron chi connectivity index (χ3n) is 1.88. The highest BCUT2D eigenvalue weighted by Gasteiger charge is 2.04. The van der Waals surface area contributed by atoms with Crippen molar-refractivity contribution in [2.75, 3.05) is 12.5 Å². The molecule has 0 aliphatic heterocycles. The Labute approximate surface area is 152 Å². The second-order valence-electron chi connectivity index (χ2n) is 3.26. The van der Waals surface area contributed by atoms with Gasteiger partial charge < -0.3 is 9.97 Å². The Balaban J connectivity index is 0.000000211. The second-order valence-corrected chi connectivity index (χ2v) is 6.67. The van der Waals surface area contributed by atoms with E-state index in [0.717, 1.165) is 0 Å². The molecule has 114 valence electrons. The Morgan fingerprint density at radius 2 is 1.67 bits per heavy atom. The molecule has 0 aromatic carbocycles. The Hall–Kier alpha value is -0.230. The number of nitrogens with zero attached hydrogens (tertiary/aromatic N) is 2. The third-order valence-corrected chi connectivity index (χ3v) is 4.82. The predicted octanol–water partition coefficient (Wildman–Crippen LogP) is 2.90. The molecule has 2 N–H and O–H groups in total. The molecule has 0 atom stereocenters. The van der Waals surface area contributed by atoms with Crippen molar-refractivity contribution in [1.82, 2.24) is 19.9 Å². The summed E-state index contributed by atoms with van der Waals surface area (Å²) in [5.41, 5.74) is -0.403. The van der Waals surface area contributed by atoms with Gasteiger partial charge in [0.2, 0.25) is 0 Å². The van der Waals surface area contributed by atoms with Gasteiger partial charge in [0.25, 0.3) is 11.1 Å². The molecule has 0 aliphatic rings. The molecule has 0 bridgehead atoms. The average molecular weight is 479 g/mol. The minimum absolute atomic E-state index is 0.185. The number of aromatic nitrogens is 4. The van der Waals surface area contributed by atoms with Crippen LogP contribution in [0, 0.1) is 3.57 Å². The SMILES string of the molecule is CSc1nc(Cl)c(I)c(=O)[nH]1.CSc1nc(Cl)cc(=O)[nH]1. The van der Waals surface area contributed by atoms with Crippen molar-refractivity contribution >= 4 is 69.3 Å². The van der Waals surface area contributed by atoms with Crippen molar-refractivity contribution < 1.29 is 0 Å². The predicted molar refractivity (Wildman–Crippen MR) is 96.0 cm³/mol. The maximum Gasteiger partial charge on any atom is 0.266 e. The number of H-pyrrole nitrogens is 2. The van der Waals surface area contributed by atoms with Crippen LogP contribution >= 0.6 is 69.3 Å². The molecular formula is C10H9Cl2IN4O2S2. The molecule has 6 nitrogen and oxygen atoms in total. The van der Waals surface area contributed by atoms with Gasteiger partial charge in [0.05, 0.1) is 0 Å². The van der Waals surface area contributed by atoms with Gasteiger partial charge in [0.15, 0.2) is 15.5 Å². The fourth-order valence-corrected chi connectivity index (χ4v) is 2.49. The molecular weight excluding hydrogens is 470 g/mol. The van der Waals surface area contributed by atoms with Gasteiger partial charge >= 0.3 is 0 Å². The van der Waals surface area contributed by atoms with Crippen LogP contribution in [0.2, 0.25) is 10.3 Å². The van der Waals surface area contributed by atoms with E-state index < -0.39 is 0 Å². The first-order chi connectivity index (χ1) is 9.87. The van der Waals surface area contributed by atoms with E-state index in [1.807, 2.05) is 35.1 Å². The van der Waals surface area contributed by atoms with Gasteiger partial charge in [-0.25, -0.2) is 9.97 Å². The molecule has 2 aromatic heterocycles. The van der Waals surface area contributed by atoms with Crippen LogP contribution in [0.4, 0.5) is 0 Å². The van der Waals surface area contributed by atoms with Crippen LogP contribution < -0.4 is 11.1 Å². The first kappa shape index (κ1) is 18.8. The van der Waals surface area contributed by atoms with Crippen molar-refractivity contribution in [3.05, 3.63) is 40.7 Å². The van der Waals surface area contributed by atoms with Gasteiger partial charge in [-0.15, -0.1) is 0 Å². The van der Waals surface area contributed by atoms with Crippen LogP contribution in [0.15, 0.2) is 26.0 Å². The van der Waals surface area contributed by atoms with Gasteiger partial charge in [-0.1, -0.05) is 46.7 Å². The summed E-state index contributed by atoms with van der Waals surface area (Å²) >= 11 is 15.7. The van der Waals surface area contributed by atoms with Crippen LogP contribution in [0.1, 0.15) is 0 Å². The number of halogens is 3. The van der Waals surface area contributed by atoms with E-state index in [0.29, 0.717) is 13.9 Å². The van der Waals surface area contributed by atoms with Crippen molar-refractivity contribution in [1.29, 1.82) is 0 Å². The summed E-state index contributed by atoms with van der Waals surface area (Å²) in [5.74, 6) is 0. The molecule has 0 saturated carbocycles. The summed E-state index contributed by atoms with van der Waals surface area (Å²) < 4.78 is 0.432. The second kappa shape index (κ2) is 9.03. The highest BCUT2D eigenvalue weighted by atomic mass is 127. The normalized spacial score (nSPS) is 9.95. The van der Waals surface area contributed by atoms with Crippen LogP contribution in [-0.2, 0) is 0 Å². The summed E-state index contributed by atoms with van der Waals surface area (Å²) in [6, 6.07) is 1.24. The zero-order chi connectivity index (χ0) is 16.0. The van der Waals surface area contributed by atoms with Gasteiger partial charge in [-0.3, -0.25) is 9.59 Å². The van der Waals surface area contributed by atoms with Crippen molar-refractivity contribution in [3.8, 4) is 0 Å². The minimum Gasteiger partial charge on any atom is -0.301 e. The summed E-state index contributed by atoms with van der Waals surface area (Å²) in [7, 11) is 0. The van der Waals surface area contributed by atoms with Crippen LogP contribution in [0.25, 0.3) is 0 Å². The van der Waals surface area contributed by atoms with Gasteiger partial charge in [-0.05, 0) is 35.1 Å². The van der Waals surface area contributed by atoms with Crippen LogP contribution in [0.3, 0.4) is 0 Å². The highest BCUT2D eigenvalue weighted by Crippen LogP contribution is 2.14. The highest BCUT2D eigenvalue weighted by molar-refractivity contribution is 14.1. The fourth-order valence-electron chi connectivity index (χ4n) is 1.01. The summed E-state index contributed by atoms with van der Waals surface area (Å²) in [6.07, 6.45) is 3.63. The number of aromatic amines is 2. The van der Waals surface area contributed by atoms with Gasteiger partial charge in [0, 0.05) is 6.07 Å². The molecule has 2 aromatic rings. The lowest BCUT2D eigenvalue weighted by Gasteiger charge is -1.96. The Kier molecular flexibility index (Phi) is 8.09. The number of rotatable bonds is 2. The lowest BCUT2D eigenvalue weighted by molar-refractivity contribution is 0.928. The topological polar surface area (TPSA) is 91.5 Å². The van der Waals surface area contributed by atoms with Crippen LogP contribution in [0.5, 0.6) is 0 Å². The van der Waals surface area contributed by atoms with E-state index >= 15 is 0 Å². The Bertz CT molecular complexity index is 738. The van der Waals surface area contributed by atoms with E-state index in [9.17, 15) is 9.59 Å². The fraction of sp³-hybridized carbons (Fsp3) is 0.200.